The largest absolute Gasteiger partial charge is 0.504 e. The summed E-state index contributed by atoms with van der Waals surface area (Å²) in [6.45, 7) is 1.67. The third-order valence-electron chi connectivity index (χ3n) is 3.46. The highest BCUT2D eigenvalue weighted by atomic mass is 16.6. The number of phenols is 1. The second-order valence-corrected chi connectivity index (χ2v) is 5.35. The van der Waals surface area contributed by atoms with E-state index < -0.39 is 15.5 Å². The molecular formula is C17H16N4O6. The summed E-state index contributed by atoms with van der Waals surface area (Å²) in [5.74, 6) is 0.346. The van der Waals surface area contributed by atoms with Crippen LogP contribution in [0, 0.1) is 20.2 Å². The lowest BCUT2D eigenvalue weighted by Gasteiger charge is -2.04. The molecule has 2 rings (SSSR count). The molecule has 140 valence electrons. The van der Waals surface area contributed by atoms with Gasteiger partial charge in [0.1, 0.15) is 5.69 Å². The van der Waals surface area contributed by atoms with Crippen LogP contribution in [-0.2, 0) is 0 Å². The number of phenolic OH excluding ortho intramolecular Hbond substituents is 1. The number of ether oxygens (including phenoxy) is 1. The number of rotatable bonds is 7. The zero-order valence-electron chi connectivity index (χ0n) is 14.4. The van der Waals surface area contributed by atoms with Crippen molar-refractivity contribution in [2.24, 2.45) is 5.10 Å². The molecule has 10 nitrogen and oxygen atoms in total. The Morgan fingerprint density at radius 2 is 1.93 bits per heavy atom. The van der Waals surface area contributed by atoms with Gasteiger partial charge in [0.05, 0.1) is 28.7 Å². The lowest BCUT2D eigenvalue weighted by molar-refractivity contribution is -0.393. The highest BCUT2D eigenvalue weighted by Gasteiger charge is 2.19. The first-order chi connectivity index (χ1) is 12.8. The molecule has 2 N–H and O–H groups in total. The summed E-state index contributed by atoms with van der Waals surface area (Å²) in [6.07, 6.45) is 3.36. The number of nitrogens with one attached hydrogen (secondary N) is 1. The number of nitrogens with zero attached hydrogens (tertiary/aromatic N) is 3. The summed E-state index contributed by atoms with van der Waals surface area (Å²) in [4.78, 5) is 20.4. The van der Waals surface area contributed by atoms with E-state index >= 15 is 0 Å². The van der Waals surface area contributed by atoms with Crippen LogP contribution in [-0.4, -0.2) is 27.8 Å². The van der Waals surface area contributed by atoms with Gasteiger partial charge in [-0.3, -0.25) is 25.7 Å². The number of non-ortho nitro benzene ring substituents is 1. The monoisotopic (exact) mass is 372 g/mol. The van der Waals surface area contributed by atoms with E-state index in [2.05, 4.69) is 10.5 Å². The molecule has 0 aromatic heterocycles. The van der Waals surface area contributed by atoms with Crippen molar-refractivity contribution < 1.29 is 19.7 Å². The third-order valence-corrected chi connectivity index (χ3v) is 3.46. The van der Waals surface area contributed by atoms with Crippen LogP contribution in [0.4, 0.5) is 17.1 Å². The average molecular weight is 372 g/mol. The van der Waals surface area contributed by atoms with Gasteiger partial charge in [-0.1, -0.05) is 12.1 Å². The second-order valence-electron chi connectivity index (χ2n) is 5.35. The maximum atomic E-state index is 11.1. The minimum atomic E-state index is -0.723. The SMILES string of the molecule is COc1cc(/C=C/C(C)=N/Nc2ccc([N+](=O)[O-])cc2[N+](=O)[O-])ccc1O. The van der Waals surface area contributed by atoms with Crippen molar-refractivity contribution in [3.63, 3.8) is 0 Å². The number of aromatic hydroxyl groups is 1. The lowest BCUT2D eigenvalue weighted by Crippen LogP contribution is -2.00. The zero-order valence-corrected chi connectivity index (χ0v) is 14.4. The van der Waals surface area contributed by atoms with E-state index in [9.17, 15) is 25.3 Å². The van der Waals surface area contributed by atoms with Crippen molar-refractivity contribution >= 4 is 28.8 Å². The van der Waals surface area contributed by atoms with E-state index in [0.717, 1.165) is 17.7 Å². The molecular weight excluding hydrogens is 356 g/mol. The molecule has 0 fully saturated rings. The lowest BCUT2D eigenvalue weighted by atomic mass is 10.1. The van der Waals surface area contributed by atoms with Crippen LogP contribution in [0.15, 0.2) is 47.6 Å². The third kappa shape index (κ3) is 5.01. The van der Waals surface area contributed by atoms with Crippen molar-refractivity contribution in [1.82, 2.24) is 0 Å². The topological polar surface area (TPSA) is 140 Å². The number of nitro groups is 2. The Labute approximate surface area is 153 Å². The van der Waals surface area contributed by atoms with Gasteiger partial charge < -0.3 is 9.84 Å². The van der Waals surface area contributed by atoms with E-state index in [0.29, 0.717) is 11.5 Å². The summed E-state index contributed by atoms with van der Waals surface area (Å²) in [7, 11) is 1.44. The maximum Gasteiger partial charge on any atom is 0.301 e. The molecule has 10 heteroatoms. The van der Waals surface area contributed by atoms with E-state index in [1.165, 1.54) is 19.2 Å². The number of nitro benzene ring substituents is 2. The number of hydrazone groups is 1. The normalized spacial score (nSPS) is 11.4. The number of allylic oxidation sites excluding steroid dienone is 1. The van der Waals surface area contributed by atoms with Crippen LogP contribution in [0.2, 0.25) is 0 Å². The highest BCUT2D eigenvalue weighted by molar-refractivity contribution is 5.96. The van der Waals surface area contributed by atoms with Gasteiger partial charge in [0.15, 0.2) is 11.5 Å². The summed E-state index contributed by atoms with van der Waals surface area (Å²) in [5, 5.41) is 35.4. The molecule has 0 amide bonds. The number of anilines is 1. The van der Waals surface area contributed by atoms with Crippen LogP contribution in [0.5, 0.6) is 11.5 Å². The molecule has 0 radical (unpaired) electrons. The molecule has 0 unspecified atom stereocenters. The van der Waals surface area contributed by atoms with Crippen molar-refractivity contribution in [3.05, 3.63) is 68.3 Å². The van der Waals surface area contributed by atoms with Gasteiger partial charge in [-0.25, -0.2) is 0 Å². The molecule has 27 heavy (non-hydrogen) atoms. The van der Waals surface area contributed by atoms with Crippen LogP contribution in [0.25, 0.3) is 6.08 Å². The van der Waals surface area contributed by atoms with E-state index in [1.807, 2.05) is 0 Å². The molecule has 2 aromatic carbocycles. The van der Waals surface area contributed by atoms with Crippen molar-refractivity contribution in [3.8, 4) is 11.5 Å². The number of hydrogen-bond donors (Lipinski definition) is 2. The Bertz CT molecular complexity index is 939. The van der Waals surface area contributed by atoms with Gasteiger partial charge in [0.2, 0.25) is 0 Å². The minimum Gasteiger partial charge on any atom is -0.504 e. The van der Waals surface area contributed by atoms with Gasteiger partial charge in [0.25, 0.3) is 5.69 Å². The van der Waals surface area contributed by atoms with Gasteiger partial charge in [0, 0.05) is 6.07 Å². The molecule has 0 aliphatic rings. The molecule has 0 heterocycles. The molecule has 0 bridgehead atoms. The smallest absolute Gasteiger partial charge is 0.301 e. The fourth-order valence-electron chi connectivity index (χ4n) is 2.08. The Morgan fingerprint density at radius 3 is 2.56 bits per heavy atom. The van der Waals surface area contributed by atoms with Gasteiger partial charge in [-0.05, 0) is 36.8 Å². The average Bonchev–Trinajstić information content (AvgIpc) is 2.65. The van der Waals surface area contributed by atoms with E-state index in [-0.39, 0.29) is 17.1 Å². The van der Waals surface area contributed by atoms with Gasteiger partial charge >= 0.3 is 5.69 Å². The Balaban J connectivity index is 2.17. The van der Waals surface area contributed by atoms with Crippen molar-refractivity contribution in [1.29, 1.82) is 0 Å². The van der Waals surface area contributed by atoms with E-state index in [1.54, 1.807) is 31.2 Å². The summed E-state index contributed by atoms with van der Waals surface area (Å²) in [6, 6.07) is 8.04. The molecule has 0 saturated heterocycles. The fraction of sp³-hybridized carbons (Fsp3) is 0.118. The molecule has 0 aliphatic carbocycles. The summed E-state index contributed by atoms with van der Waals surface area (Å²) >= 11 is 0. The van der Waals surface area contributed by atoms with Gasteiger partial charge in [-0.15, -0.1) is 0 Å². The quantitative estimate of drug-likeness (QED) is 0.429. The van der Waals surface area contributed by atoms with Crippen LogP contribution in [0.1, 0.15) is 12.5 Å². The highest BCUT2D eigenvalue weighted by Crippen LogP contribution is 2.29. The zero-order chi connectivity index (χ0) is 20.0. The summed E-state index contributed by atoms with van der Waals surface area (Å²) < 4.78 is 5.02. The van der Waals surface area contributed by atoms with Crippen LogP contribution >= 0.6 is 0 Å². The molecule has 0 spiro atoms. The Morgan fingerprint density at radius 1 is 1.19 bits per heavy atom. The number of hydrogen-bond acceptors (Lipinski definition) is 8. The predicted molar refractivity (Wildman–Crippen MR) is 100 cm³/mol. The summed E-state index contributed by atoms with van der Waals surface area (Å²) in [5.41, 5.74) is 2.98. The fourth-order valence-corrected chi connectivity index (χ4v) is 2.08. The van der Waals surface area contributed by atoms with E-state index in [4.69, 9.17) is 4.74 Å². The van der Waals surface area contributed by atoms with Gasteiger partial charge in [-0.2, -0.15) is 5.10 Å². The van der Waals surface area contributed by atoms with Crippen molar-refractivity contribution in [2.75, 3.05) is 12.5 Å². The second kappa shape index (κ2) is 8.43. The standard InChI is InChI=1S/C17H16N4O6/c1-11(3-4-12-5-8-16(22)17(9-12)27-2)18-19-14-7-6-13(20(23)24)10-15(14)21(25)26/h3-10,19,22H,1-2H3/b4-3+,18-11+. The first-order valence-corrected chi connectivity index (χ1v) is 7.60. The minimum absolute atomic E-state index is 0.0205. The number of methoxy groups -OCH3 is 1. The molecule has 0 aliphatic heterocycles. The Hall–Kier alpha value is -3.95. The molecule has 2 aromatic rings. The first kappa shape index (κ1) is 19.4. The number of benzene rings is 2. The predicted octanol–water partition coefficient (Wildman–Crippen LogP) is 3.72. The van der Waals surface area contributed by atoms with Crippen LogP contribution in [0.3, 0.4) is 0 Å². The maximum absolute atomic E-state index is 11.1. The molecule has 0 atom stereocenters. The van der Waals surface area contributed by atoms with Crippen molar-refractivity contribution in [2.45, 2.75) is 6.92 Å². The van der Waals surface area contributed by atoms with Crippen LogP contribution < -0.4 is 10.2 Å². The first-order valence-electron chi connectivity index (χ1n) is 7.60. The molecule has 0 saturated carbocycles. The Kier molecular flexibility index (Phi) is 6.05.